The smallest absolute Gasteiger partial charge is 0.251 e. The van der Waals surface area contributed by atoms with Crippen LogP contribution in [0.3, 0.4) is 0 Å². The molecule has 28 heavy (non-hydrogen) atoms. The van der Waals surface area contributed by atoms with E-state index in [0.29, 0.717) is 12.1 Å². The minimum atomic E-state index is -0.0349. The Balaban J connectivity index is 0.00000392. The molecule has 6 nitrogen and oxygen atoms in total. The molecule has 1 atom stereocenters. The fourth-order valence-corrected chi connectivity index (χ4v) is 2.44. The largest absolute Gasteiger partial charge is 0.469 e. The summed E-state index contributed by atoms with van der Waals surface area (Å²) in [7, 11) is 0. The molecule has 1 aromatic carbocycles. The van der Waals surface area contributed by atoms with Crippen LogP contribution in [0.2, 0.25) is 0 Å². The van der Waals surface area contributed by atoms with Crippen LogP contribution in [0.4, 0.5) is 0 Å². The number of guanidine groups is 1. The fourth-order valence-electron chi connectivity index (χ4n) is 2.44. The summed E-state index contributed by atoms with van der Waals surface area (Å²) in [5.41, 5.74) is 1.73. The average molecular weight is 498 g/mol. The molecule has 0 aliphatic rings. The highest BCUT2D eigenvalue weighted by atomic mass is 127. The van der Waals surface area contributed by atoms with E-state index in [1.165, 1.54) is 0 Å². The van der Waals surface area contributed by atoms with Crippen molar-refractivity contribution in [3.63, 3.8) is 0 Å². The Morgan fingerprint density at radius 1 is 1.14 bits per heavy atom. The first kappa shape index (κ1) is 24.0. The minimum absolute atomic E-state index is 0. The lowest BCUT2D eigenvalue weighted by Crippen LogP contribution is -2.38. The number of hydrogen-bond acceptors (Lipinski definition) is 3. The van der Waals surface area contributed by atoms with E-state index >= 15 is 0 Å². The molecule has 0 saturated heterocycles. The Morgan fingerprint density at radius 2 is 1.89 bits per heavy atom. The summed E-state index contributed by atoms with van der Waals surface area (Å²) < 4.78 is 5.33. The molecule has 2 rings (SSSR count). The first-order chi connectivity index (χ1) is 13.1. The molecule has 0 aliphatic heterocycles. The zero-order valence-corrected chi connectivity index (χ0v) is 19.2. The Bertz CT molecular complexity index is 715. The number of amides is 1. The first-order valence-electron chi connectivity index (χ1n) is 9.56. The third-order valence-electron chi connectivity index (χ3n) is 4.21. The number of benzene rings is 1. The van der Waals surface area contributed by atoms with Crippen molar-refractivity contribution in [2.75, 3.05) is 13.1 Å². The Morgan fingerprint density at radius 3 is 2.50 bits per heavy atom. The van der Waals surface area contributed by atoms with Crippen LogP contribution in [0.25, 0.3) is 0 Å². The third-order valence-corrected chi connectivity index (χ3v) is 4.21. The van der Waals surface area contributed by atoms with Gasteiger partial charge in [-0.3, -0.25) is 4.79 Å². The van der Waals surface area contributed by atoms with Gasteiger partial charge in [0.2, 0.25) is 0 Å². The molecular weight excluding hydrogens is 467 g/mol. The first-order valence-corrected chi connectivity index (χ1v) is 9.56. The Kier molecular flexibility index (Phi) is 11.3. The van der Waals surface area contributed by atoms with E-state index in [1.54, 1.807) is 6.26 Å². The highest BCUT2D eigenvalue weighted by Crippen LogP contribution is 2.07. The van der Waals surface area contributed by atoms with Crippen molar-refractivity contribution in [3.8, 4) is 0 Å². The highest BCUT2D eigenvalue weighted by molar-refractivity contribution is 14.0. The van der Waals surface area contributed by atoms with Gasteiger partial charge in [0.25, 0.3) is 5.91 Å². The SMILES string of the molecule is CCNC(=NCc1ccc(C(=O)NC(C)CC)cc1)NCCc1ccco1.I. The van der Waals surface area contributed by atoms with Gasteiger partial charge in [-0.05, 0) is 50.1 Å². The van der Waals surface area contributed by atoms with Crippen LogP contribution < -0.4 is 16.0 Å². The summed E-state index contributed by atoms with van der Waals surface area (Å²) in [5, 5.41) is 9.51. The third kappa shape index (κ3) is 8.33. The van der Waals surface area contributed by atoms with Gasteiger partial charge in [0.15, 0.2) is 5.96 Å². The molecule has 7 heteroatoms. The van der Waals surface area contributed by atoms with Gasteiger partial charge in [0.1, 0.15) is 5.76 Å². The van der Waals surface area contributed by atoms with Crippen molar-refractivity contribution < 1.29 is 9.21 Å². The molecule has 3 N–H and O–H groups in total. The Hall–Kier alpha value is -2.03. The summed E-state index contributed by atoms with van der Waals surface area (Å²) in [6.45, 7) is 8.17. The van der Waals surface area contributed by atoms with Gasteiger partial charge in [0.05, 0.1) is 12.8 Å². The van der Waals surface area contributed by atoms with Gasteiger partial charge < -0.3 is 20.4 Å². The van der Waals surface area contributed by atoms with Crippen LogP contribution in [0.5, 0.6) is 0 Å². The van der Waals surface area contributed by atoms with E-state index in [0.717, 1.165) is 43.2 Å². The van der Waals surface area contributed by atoms with Crippen molar-refractivity contribution in [3.05, 3.63) is 59.5 Å². The summed E-state index contributed by atoms with van der Waals surface area (Å²) in [6, 6.07) is 11.6. The van der Waals surface area contributed by atoms with E-state index < -0.39 is 0 Å². The molecule has 1 heterocycles. The molecule has 0 saturated carbocycles. The summed E-state index contributed by atoms with van der Waals surface area (Å²) in [5.74, 6) is 1.68. The molecule has 1 amide bonds. The highest BCUT2D eigenvalue weighted by Gasteiger charge is 2.08. The number of aliphatic imine (C=N–C) groups is 1. The van der Waals surface area contributed by atoms with Crippen molar-refractivity contribution in [2.45, 2.75) is 46.2 Å². The van der Waals surface area contributed by atoms with Crippen LogP contribution in [-0.2, 0) is 13.0 Å². The lowest BCUT2D eigenvalue weighted by Gasteiger charge is -2.12. The van der Waals surface area contributed by atoms with Crippen LogP contribution in [0, 0.1) is 0 Å². The van der Waals surface area contributed by atoms with E-state index in [1.807, 2.05) is 50.2 Å². The standard InChI is InChI=1S/C21H30N4O2.HI/c1-4-16(3)25-20(26)18-10-8-17(9-11-18)15-24-21(22-5-2)23-13-12-19-7-6-14-27-19;/h6-11,14,16H,4-5,12-13,15H2,1-3H3,(H,25,26)(H2,22,23,24);1H. The van der Waals surface area contributed by atoms with E-state index in [-0.39, 0.29) is 35.9 Å². The maximum atomic E-state index is 12.1. The number of nitrogens with one attached hydrogen (secondary N) is 3. The van der Waals surface area contributed by atoms with Crippen molar-refractivity contribution in [1.82, 2.24) is 16.0 Å². The summed E-state index contributed by atoms with van der Waals surface area (Å²) >= 11 is 0. The second kappa shape index (κ2) is 13.2. The van der Waals surface area contributed by atoms with Gasteiger partial charge in [0, 0.05) is 31.1 Å². The fraction of sp³-hybridized carbons (Fsp3) is 0.429. The molecule has 154 valence electrons. The Labute approximate surface area is 184 Å². The molecule has 0 spiro atoms. The quantitative estimate of drug-likeness (QED) is 0.280. The number of carbonyl (C=O) groups is 1. The molecular formula is C21H31IN4O2. The molecule has 2 aromatic rings. The van der Waals surface area contributed by atoms with Crippen LogP contribution in [0.1, 0.15) is 48.9 Å². The van der Waals surface area contributed by atoms with Crippen LogP contribution in [0.15, 0.2) is 52.1 Å². The number of nitrogens with zero attached hydrogens (tertiary/aromatic N) is 1. The number of hydrogen-bond donors (Lipinski definition) is 3. The normalized spacial score (nSPS) is 12.0. The minimum Gasteiger partial charge on any atom is -0.469 e. The molecule has 1 aromatic heterocycles. The van der Waals surface area contributed by atoms with E-state index in [2.05, 4.69) is 27.9 Å². The molecule has 0 aliphatic carbocycles. The number of halogens is 1. The zero-order valence-electron chi connectivity index (χ0n) is 16.8. The second-order valence-corrected chi connectivity index (χ2v) is 6.43. The molecule has 0 bridgehead atoms. The van der Waals surface area contributed by atoms with Crippen molar-refractivity contribution in [2.24, 2.45) is 4.99 Å². The van der Waals surface area contributed by atoms with Gasteiger partial charge >= 0.3 is 0 Å². The molecule has 0 fully saturated rings. The van der Waals surface area contributed by atoms with Crippen LogP contribution >= 0.6 is 24.0 Å². The summed E-state index contributed by atoms with van der Waals surface area (Å²) in [4.78, 5) is 16.7. The molecule has 1 unspecified atom stereocenters. The molecule has 0 radical (unpaired) electrons. The van der Waals surface area contributed by atoms with E-state index in [9.17, 15) is 4.79 Å². The lowest BCUT2D eigenvalue weighted by molar-refractivity contribution is 0.0939. The maximum Gasteiger partial charge on any atom is 0.251 e. The predicted octanol–water partition coefficient (Wildman–Crippen LogP) is 3.72. The monoisotopic (exact) mass is 498 g/mol. The maximum absolute atomic E-state index is 12.1. The number of furan rings is 1. The van der Waals surface area contributed by atoms with Crippen molar-refractivity contribution >= 4 is 35.8 Å². The topological polar surface area (TPSA) is 78.7 Å². The van der Waals surface area contributed by atoms with Gasteiger partial charge in [-0.1, -0.05) is 19.1 Å². The second-order valence-electron chi connectivity index (χ2n) is 6.43. The average Bonchev–Trinajstić information content (AvgIpc) is 3.19. The number of carbonyl (C=O) groups excluding carboxylic acids is 1. The lowest BCUT2D eigenvalue weighted by atomic mass is 10.1. The number of rotatable bonds is 9. The van der Waals surface area contributed by atoms with Crippen molar-refractivity contribution in [1.29, 1.82) is 0 Å². The summed E-state index contributed by atoms with van der Waals surface area (Å²) in [6.07, 6.45) is 3.40. The van der Waals surface area contributed by atoms with Crippen LogP contribution in [-0.4, -0.2) is 31.0 Å². The van der Waals surface area contributed by atoms with Gasteiger partial charge in [-0.25, -0.2) is 4.99 Å². The van der Waals surface area contributed by atoms with Gasteiger partial charge in [-0.15, -0.1) is 24.0 Å². The van der Waals surface area contributed by atoms with Gasteiger partial charge in [-0.2, -0.15) is 0 Å². The zero-order chi connectivity index (χ0) is 19.5. The van der Waals surface area contributed by atoms with E-state index in [4.69, 9.17) is 4.42 Å². The predicted molar refractivity (Wildman–Crippen MR) is 124 cm³/mol.